The van der Waals surface area contributed by atoms with E-state index >= 15 is 0 Å². The number of nitrogens with one attached hydrogen (secondary N) is 1. The van der Waals surface area contributed by atoms with Crippen LogP contribution >= 0.6 is 0 Å². The first-order valence-electron chi connectivity index (χ1n) is 13.3. The van der Waals surface area contributed by atoms with Crippen molar-refractivity contribution >= 4 is 27.6 Å². The number of hydrogen-bond donors (Lipinski definition) is 3. The highest BCUT2D eigenvalue weighted by atomic mass is 32.2. The summed E-state index contributed by atoms with van der Waals surface area (Å²) < 4.78 is 33.7. The minimum Gasteiger partial charge on any atom is -0.496 e. The van der Waals surface area contributed by atoms with E-state index in [9.17, 15) is 8.42 Å². The molecule has 3 N–H and O–H groups in total. The third-order valence-corrected chi connectivity index (χ3v) is 8.87. The van der Waals surface area contributed by atoms with E-state index in [2.05, 4.69) is 46.3 Å². The SMILES string of the molecule is COc1ccc(S(=O)(=O)N(C)c2ccccc2)cc1-c1ccc(CN2CCCC2c2ccccc2)[nH]1.O=C(O)C(=O)O. The molecule has 1 aliphatic rings. The zero-order chi connectivity index (χ0) is 30.3. The fourth-order valence-corrected chi connectivity index (χ4v) is 6.19. The van der Waals surface area contributed by atoms with E-state index in [4.69, 9.17) is 24.5 Å². The summed E-state index contributed by atoms with van der Waals surface area (Å²) in [6, 6.07) is 29.2. The predicted molar refractivity (Wildman–Crippen MR) is 159 cm³/mol. The Balaban J connectivity index is 0.000000612. The first-order chi connectivity index (χ1) is 20.1. The molecule has 5 rings (SSSR count). The van der Waals surface area contributed by atoms with Crippen LogP contribution in [-0.4, -0.2) is 61.2 Å². The molecule has 10 nitrogen and oxygen atoms in total. The number of sulfonamides is 1. The molecule has 1 fully saturated rings. The van der Waals surface area contributed by atoms with Crippen LogP contribution in [-0.2, 0) is 26.2 Å². The molecule has 1 atom stereocenters. The van der Waals surface area contributed by atoms with Gasteiger partial charge in [-0.05, 0) is 67.4 Å². The molecule has 0 radical (unpaired) electrons. The maximum absolute atomic E-state index is 13.4. The number of anilines is 1. The second-order valence-electron chi connectivity index (χ2n) is 9.72. The van der Waals surface area contributed by atoms with Gasteiger partial charge in [0.05, 0.1) is 17.7 Å². The molecule has 0 saturated carbocycles. The summed E-state index contributed by atoms with van der Waals surface area (Å²) in [5, 5.41) is 14.8. The van der Waals surface area contributed by atoms with Gasteiger partial charge in [0.15, 0.2) is 0 Å². The van der Waals surface area contributed by atoms with Crippen molar-refractivity contribution in [2.45, 2.75) is 30.3 Å². The lowest BCUT2D eigenvalue weighted by molar-refractivity contribution is -0.159. The summed E-state index contributed by atoms with van der Waals surface area (Å²) in [6.45, 7) is 1.85. The monoisotopic (exact) mass is 591 g/mol. The Morgan fingerprint density at radius 3 is 2.21 bits per heavy atom. The van der Waals surface area contributed by atoms with Gasteiger partial charge in [-0.15, -0.1) is 0 Å². The molecule has 11 heteroatoms. The number of benzene rings is 3. The molecule has 1 aliphatic heterocycles. The fraction of sp³-hybridized carbons (Fsp3) is 0.226. The van der Waals surface area contributed by atoms with Crippen LogP contribution in [0.4, 0.5) is 5.69 Å². The van der Waals surface area contributed by atoms with Crippen molar-refractivity contribution < 1.29 is 33.0 Å². The van der Waals surface area contributed by atoms with Crippen molar-refractivity contribution in [3.05, 3.63) is 102 Å². The second-order valence-corrected chi connectivity index (χ2v) is 11.7. The number of rotatable bonds is 8. The summed E-state index contributed by atoms with van der Waals surface area (Å²) >= 11 is 0. The summed E-state index contributed by atoms with van der Waals surface area (Å²) in [7, 11) is -0.573. The van der Waals surface area contributed by atoms with Crippen LogP contribution in [0.1, 0.15) is 30.1 Å². The highest BCUT2D eigenvalue weighted by Gasteiger charge is 2.27. The van der Waals surface area contributed by atoms with Gasteiger partial charge in [-0.25, -0.2) is 18.0 Å². The average molecular weight is 592 g/mol. The Hall–Kier alpha value is -4.61. The number of aromatic amines is 1. The minimum atomic E-state index is -3.74. The van der Waals surface area contributed by atoms with Crippen molar-refractivity contribution in [2.24, 2.45) is 0 Å². The first kappa shape index (κ1) is 30.4. The van der Waals surface area contributed by atoms with Crippen LogP contribution in [0.25, 0.3) is 11.3 Å². The van der Waals surface area contributed by atoms with Crippen molar-refractivity contribution in [3.63, 3.8) is 0 Å². The van der Waals surface area contributed by atoms with Crippen molar-refractivity contribution in [1.82, 2.24) is 9.88 Å². The molecule has 3 aromatic carbocycles. The molecule has 0 aliphatic carbocycles. The molecular weight excluding hydrogens is 558 g/mol. The quantitative estimate of drug-likeness (QED) is 0.243. The first-order valence-corrected chi connectivity index (χ1v) is 14.7. The fourth-order valence-electron chi connectivity index (χ4n) is 4.97. The summed E-state index contributed by atoms with van der Waals surface area (Å²) in [4.78, 5) is 24.4. The van der Waals surface area contributed by atoms with Gasteiger partial charge in [-0.1, -0.05) is 48.5 Å². The average Bonchev–Trinajstić information content (AvgIpc) is 3.67. The Labute approximate surface area is 244 Å². The number of H-pyrrole nitrogens is 1. The van der Waals surface area contributed by atoms with Gasteiger partial charge in [0, 0.05) is 36.6 Å². The van der Waals surface area contributed by atoms with Crippen molar-refractivity contribution in [1.29, 1.82) is 0 Å². The van der Waals surface area contributed by atoms with Gasteiger partial charge < -0.3 is 19.9 Å². The Bertz CT molecular complexity index is 1610. The summed E-state index contributed by atoms with van der Waals surface area (Å²) in [5.74, 6) is -3.03. The van der Waals surface area contributed by atoms with E-state index in [0.717, 1.165) is 30.9 Å². The molecule has 1 unspecified atom stereocenters. The third-order valence-electron chi connectivity index (χ3n) is 7.09. The van der Waals surface area contributed by atoms with Gasteiger partial charge in [-0.3, -0.25) is 9.21 Å². The summed E-state index contributed by atoms with van der Waals surface area (Å²) in [5.41, 5.74) is 4.59. The van der Waals surface area contributed by atoms with E-state index in [0.29, 0.717) is 23.0 Å². The van der Waals surface area contributed by atoms with Gasteiger partial charge >= 0.3 is 11.9 Å². The Morgan fingerprint density at radius 2 is 1.60 bits per heavy atom. The number of carboxylic acid groups (broad SMARTS) is 2. The lowest BCUT2D eigenvalue weighted by atomic mass is 10.0. The number of methoxy groups -OCH3 is 1. The van der Waals surface area contributed by atoms with Crippen LogP contribution in [0.2, 0.25) is 0 Å². The molecule has 0 bridgehead atoms. The lowest BCUT2D eigenvalue weighted by Crippen LogP contribution is -2.26. The predicted octanol–water partition coefficient (Wildman–Crippen LogP) is 5.01. The van der Waals surface area contributed by atoms with Crippen LogP contribution in [0.5, 0.6) is 5.75 Å². The number of para-hydroxylation sites is 1. The molecule has 220 valence electrons. The molecule has 1 aromatic heterocycles. The lowest BCUT2D eigenvalue weighted by Gasteiger charge is -2.24. The molecular formula is C31H33N3O7S. The molecule has 1 saturated heterocycles. The highest BCUT2D eigenvalue weighted by molar-refractivity contribution is 7.92. The van der Waals surface area contributed by atoms with Crippen LogP contribution < -0.4 is 9.04 Å². The van der Waals surface area contributed by atoms with E-state index in [1.807, 2.05) is 24.3 Å². The molecule has 42 heavy (non-hydrogen) atoms. The van der Waals surface area contributed by atoms with Gasteiger partial charge in [-0.2, -0.15) is 0 Å². The molecule has 0 amide bonds. The van der Waals surface area contributed by atoms with Crippen LogP contribution in [0.3, 0.4) is 0 Å². The standard InChI is InChI=1S/C29H31N3O3S.C2H2O4/c1-31(24-12-7-4-8-13-24)36(33,34)25-16-18-29(35-2)26(20-25)27-17-15-23(30-27)21-32-19-9-14-28(32)22-10-5-3-6-11-22;3-1(4)2(5)6/h3-8,10-13,15-18,20,28,30H,9,14,19,21H2,1-2H3;(H,3,4)(H,5,6). The number of carbonyl (C=O) groups is 2. The van der Waals surface area contributed by atoms with Crippen molar-refractivity contribution in [2.75, 3.05) is 25.0 Å². The van der Waals surface area contributed by atoms with Gasteiger partial charge in [0.25, 0.3) is 10.0 Å². The van der Waals surface area contributed by atoms with Crippen LogP contribution in [0, 0.1) is 0 Å². The minimum absolute atomic E-state index is 0.212. The number of nitrogens with zero attached hydrogens (tertiary/aromatic N) is 2. The van der Waals surface area contributed by atoms with Gasteiger partial charge in [0.2, 0.25) is 0 Å². The Morgan fingerprint density at radius 1 is 0.952 bits per heavy atom. The molecule has 2 heterocycles. The topological polar surface area (TPSA) is 140 Å². The number of likely N-dealkylation sites (tertiary alicyclic amines) is 1. The normalized spacial score (nSPS) is 15.0. The smallest absolute Gasteiger partial charge is 0.414 e. The van der Waals surface area contributed by atoms with E-state index in [-0.39, 0.29) is 4.90 Å². The van der Waals surface area contributed by atoms with E-state index < -0.39 is 22.0 Å². The summed E-state index contributed by atoms with van der Waals surface area (Å²) in [6.07, 6.45) is 2.33. The van der Waals surface area contributed by atoms with Crippen LogP contribution in [0.15, 0.2) is 95.9 Å². The zero-order valence-electron chi connectivity index (χ0n) is 23.3. The maximum Gasteiger partial charge on any atom is 0.414 e. The zero-order valence-corrected chi connectivity index (χ0v) is 24.1. The number of aliphatic carboxylic acids is 2. The molecule has 0 spiro atoms. The highest BCUT2D eigenvalue weighted by Crippen LogP contribution is 2.35. The van der Waals surface area contributed by atoms with E-state index in [1.54, 1.807) is 44.5 Å². The van der Waals surface area contributed by atoms with Gasteiger partial charge in [0.1, 0.15) is 5.75 Å². The number of ether oxygens (including phenoxy) is 1. The second kappa shape index (κ2) is 13.4. The van der Waals surface area contributed by atoms with Crippen molar-refractivity contribution in [3.8, 4) is 17.0 Å². The number of hydrogen-bond acceptors (Lipinski definition) is 6. The maximum atomic E-state index is 13.4. The third kappa shape index (κ3) is 6.99. The Kier molecular flexibility index (Phi) is 9.66. The number of aromatic nitrogens is 1. The largest absolute Gasteiger partial charge is 0.496 e. The van der Waals surface area contributed by atoms with E-state index in [1.165, 1.54) is 16.3 Å². The molecule has 4 aromatic rings. The number of carboxylic acids is 2.